The van der Waals surface area contributed by atoms with Crippen molar-refractivity contribution < 1.29 is 9.35 Å². The zero-order valence-electron chi connectivity index (χ0n) is 18.9. The minimum Gasteiger partial charge on any atom is -0.603 e. The zero-order valence-corrected chi connectivity index (χ0v) is 20.4. The van der Waals surface area contributed by atoms with Gasteiger partial charge >= 0.3 is 5.24 Å². The number of nitrogens with zero attached hydrogens (tertiary/aromatic N) is 6. The van der Waals surface area contributed by atoms with Crippen molar-refractivity contribution in [1.82, 2.24) is 29.1 Å². The van der Waals surface area contributed by atoms with Gasteiger partial charge in [-0.3, -0.25) is 4.98 Å². The largest absolute Gasteiger partial charge is 0.603 e. The molecule has 1 aromatic carbocycles. The number of fused-ring (bicyclic) bond motifs is 2. The molecule has 5 aromatic heterocycles. The molecule has 6 rings (SSSR count). The third kappa shape index (κ3) is 3.83. The maximum Gasteiger partial charge on any atom is 0.445 e. The molecule has 0 saturated heterocycles. The summed E-state index contributed by atoms with van der Waals surface area (Å²) in [5, 5.41) is 4.43. The summed E-state index contributed by atoms with van der Waals surface area (Å²) in [4.78, 5) is 26.4. The van der Waals surface area contributed by atoms with Crippen LogP contribution in [0.1, 0.15) is 5.56 Å². The number of carbonyl (C=O) groups excluding carboxylic acids is 1. The van der Waals surface area contributed by atoms with E-state index in [2.05, 4.69) is 20.1 Å². The Balaban J connectivity index is 1.49. The van der Waals surface area contributed by atoms with Crippen LogP contribution in [-0.4, -0.2) is 38.9 Å². The van der Waals surface area contributed by atoms with Gasteiger partial charge in [-0.2, -0.15) is 10.1 Å². The van der Waals surface area contributed by atoms with E-state index in [0.717, 1.165) is 27.8 Å². The summed E-state index contributed by atoms with van der Waals surface area (Å²) in [5.41, 5.74) is 5.54. The second-order valence-corrected chi connectivity index (χ2v) is 9.88. The van der Waals surface area contributed by atoms with Crippen molar-refractivity contribution in [3.05, 3.63) is 96.6 Å². The Morgan fingerprint density at radius 1 is 1.03 bits per heavy atom. The van der Waals surface area contributed by atoms with Gasteiger partial charge in [-0.1, -0.05) is 23.8 Å². The lowest BCUT2D eigenvalue weighted by atomic mass is 10.0. The SMILES string of the molecule is Cc1ccc([S+]([O-])C(=O)n2cc(-c3ccn4ncc(-c5cccnc5)c4c3)c3cnc(Cl)nc32)cc1. The fourth-order valence-electron chi connectivity index (χ4n) is 4.10. The second kappa shape index (κ2) is 8.87. The number of aromatic nitrogens is 6. The highest BCUT2D eigenvalue weighted by atomic mass is 35.5. The van der Waals surface area contributed by atoms with Crippen LogP contribution in [0.4, 0.5) is 4.79 Å². The molecule has 176 valence electrons. The van der Waals surface area contributed by atoms with E-state index in [1.807, 2.05) is 49.5 Å². The highest BCUT2D eigenvalue weighted by Gasteiger charge is 2.28. The minimum absolute atomic E-state index is 0.00701. The van der Waals surface area contributed by atoms with E-state index in [9.17, 15) is 9.35 Å². The molecule has 0 fully saturated rings. The Morgan fingerprint density at radius 3 is 2.64 bits per heavy atom. The van der Waals surface area contributed by atoms with Gasteiger partial charge < -0.3 is 4.55 Å². The van der Waals surface area contributed by atoms with Crippen LogP contribution in [0.3, 0.4) is 0 Å². The molecule has 8 nitrogen and oxygen atoms in total. The van der Waals surface area contributed by atoms with Gasteiger partial charge in [0, 0.05) is 53.1 Å². The minimum atomic E-state index is -1.94. The number of rotatable bonds is 3. The zero-order chi connectivity index (χ0) is 24.8. The van der Waals surface area contributed by atoms with Crippen LogP contribution in [0.15, 0.2) is 90.6 Å². The molecular formula is C26H17ClN6O2S. The number of hydrogen-bond acceptors (Lipinski definition) is 6. The fraction of sp³-hybridized carbons (Fsp3) is 0.0385. The number of benzene rings is 1. The molecule has 1 unspecified atom stereocenters. The highest BCUT2D eigenvalue weighted by Crippen LogP contribution is 2.33. The van der Waals surface area contributed by atoms with Gasteiger partial charge in [0.2, 0.25) is 5.28 Å². The predicted octanol–water partition coefficient (Wildman–Crippen LogP) is 5.55. The maximum absolute atomic E-state index is 13.3. The number of pyridine rings is 2. The van der Waals surface area contributed by atoms with Crippen molar-refractivity contribution in [2.75, 3.05) is 0 Å². The predicted molar refractivity (Wildman–Crippen MR) is 138 cm³/mol. The number of halogens is 1. The first-order chi connectivity index (χ1) is 17.5. The first kappa shape index (κ1) is 22.4. The van der Waals surface area contributed by atoms with Crippen LogP contribution in [0.2, 0.25) is 5.28 Å². The van der Waals surface area contributed by atoms with E-state index < -0.39 is 16.4 Å². The maximum atomic E-state index is 13.3. The van der Waals surface area contributed by atoms with Gasteiger partial charge in [0.25, 0.3) is 0 Å². The van der Waals surface area contributed by atoms with Crippen molar-refractivity contribution in [3.63, 3.8) is 0 Å². The lowest BCUT2D eigenvalue weighted by Gasteiger charge is -2.09. The van der Waals surface area contributed by atoms with Crippen LogP contribution in [0, 0.1) is 6.92 Å². The first-order valence-corrected chi connectivity index (χ1v) is 12.5. The van der Waals surface area contributed by atoms with Crippen molar-refractivity contribution in [1.29, 1.82) is 0 Å². The molecule has 0 saturated carbocycles. The molecule has 5 heterocycles. The van der Waals surface area contributed by atoms with E-state index in [0.29, 0.717) is 15.8 Å². The lowest BCUT2D eigenvalue weighted by molar-refractivity contribution is 0.260. The van der Waals surface area contributed by atoms with Crippen molar-refractivity contribution >= 4 is 44.6 Å². The first-order valence-electron chi connectivity index (χ1n) is 10.9. The summed E-state index contributed by atoms with van der Waals surface area (Å²) in [6.07, 6.45) is 10.3. The van der Waals surface area contributed by atoms with Crippen LogP contribution in [0.25, 0.3) is 38.8 Å². The summed E-state index contributed by atoms with van der Waals surface area (Å²) < 4.78 is 16.2. The van der Waals surface area contributed by atoms with Gasteiger partial charge in [0.15, 0.2) is 10.5 Å². The molecule has 0 aliphatic rings. The molecule has 0 aliphatic heterocycles. The summed E-state index contributed by atoms with van der Waals surface area (Å²) in [5.74, 6) is 0. The van der Waals surface area contributed by atoms with Crippen LogP contribution in [-0.2, 0) is 11.2 Å². The lowest BCUT2D eigenvalue weighted by Crippen LogP contribution is -2.21. The monoisotopic (exact) mass is 512 g/mol. The Labute approximate surface area is 213 Å². The fourth-order valence-corrected chi connectivity index (χ4v) is 5.13. The van der Waals surface area contributed by atoms with Gasteiger partial charge in [0.05, 0.1) is 22.9 Å². The third-order valence-electron chi connectivity index (χ3n) is 5.91. The van der Waals surface area contributed by atoms with Crippen LogP contribution < -0.4 is 0 Å². The molecular weight excluding hydrogens is 496 g/mol. The Hall–Kier alpha value is -4.05. The Bertz CT molecular complexity index is 1750. The Morgan fingerprint density at radius 2 is 1.86 bits per heavy atom. The molecule has 0 bridgehead atoms. The van der Waals surface area contributed by atoms with Gasteiger partial charge in [-0.15, -0.1) is 0 Å². The molecule has 0 amide bonds. The molecule has 1 atom stereocenters. The topological polar surface area (TPSA) is 101 Å². The number of aryl methyl sites for hydroxylation is 1. The average molecular weight is 513 g/mol. The molecule has 10 heteroatoms. The third-order valence-corrected chi connectivity index (χ3v) is 7.31. The van der Waals surface area contributed by atoms with E-state index in [1.165, 1.54) is 4.57 Å². The molecule has 0 aliphatic carbocycles. The standard InChI is InChI=1S/C26H17ClN6O2S/c1-16-4-6-19(7-5-16)36(35)26(34)32-15-22(21-13-29-25(27)31-24(21)32)17-8-10-33-23(11-17)20(14-30-33)18-3-2-9-28-12-18/h2-15H,1H3. The number of hydrogen-bond donors (Lipinski definition) is 0. The van der Waals surface area contributed by atoms with Gasteiger partial charge in [-0.25, -0.2) is 18.9 Å². The quantitative estimate of drug-likeness (QED) is 0.228. The van der Waals surface area contributed by atoms with E-state index >= 15 is 0 Å². The van der Waals surface area contributed by atoms with Crippen molar-refractivity contribution in [2.45, 2.75) is 11.8 Å². The molecule has 0 spiro atoms. The summed E-state index contributed by atoms with van der Waals surface area (Å²) in [6, 6.07) is 14.7. The average Bonchev–Trinajstić information content (AvgIpc) is 3.50. The molecule has 6 aromatic rings. The summed E-state index contributed by atoms with van der Waals surface area (Å²) in [6.45, 7) is 1.93. The van der Waals surface area contributed by atoms with Crippen molar-refractivity contribution in [3.8, 4) is 22.3 Å². The Kier molecular flexibility index (Phi) is 5.52. The van der Waals surface area contributed by atoms with Gasteiger partial charge in [-0.05, 0) is 54.4 Å². The van der Waals surface area contributed by atoms with E-state index in [1.54, 1.807) is 47.6 Å². The second-order valence-electron chi connectivity index (χ2n) is 8.18. The number of carbonyl (C=O) groups is 1. The highest BCUT2D eigenvalue weighted by molar-refractivity contribution is 8.06. The van der Waals surface area contributed by atoms with Gasteiger partial charge in [0.1, 0.15) is 0 Å². The normalized spacial score (nSPS) is 12.3. The van der Waals surface area contributed by atoms with E-state index in [-0.39, 0.29) is 10.9 Å². The molecule has 0 N–H and O–H groups in total. The van der Waals surface area contributed by atoms with E-state index in [4.69, 9.17) is 11.6 Å². The van der Waals surface area contributed by atoms with Crippen LogP contribution >= 0.6 is 11.6 Å². The summed E-state index contributed by atoms with van der Waals surface area (Å²) in [7, 11) is 0. The smallest absolute Gasteiger partial charge is 0.445 e. The summed E-state index contributed by atoms with van der Waals surface area (Å²) >= 11 is 4.14. The molecule has 36 heavy (non-hydrogen) atoms. The van der Waals surface area contributed by atoms with Crippen LogP contribution in [0.5, 0.6) is 0 Å². The van der Waals surface area contributed by atoms with Crippen molar-refractivity contribution in [2.24, 2.45) is 0 Å². The molecule has 0 radical (unpaired) electrons.